The van der Waals surface area contributed by atoms with Gasteiger partial charge in [0.25, 0.3) is 20.2 Å². The van der Waals surface area contributed by atoms with Crippen molar-refractivity contribution in [2.75, 3.05) is 0 Å². The molecule has 48 heavy (non-hydrogen) atoms. The van der Waals surface area contributed by atoms with Gasteiger partial charge in [0.2, 0.25) is 0 Å². The minimum absolute atomic E-state index is 0. The van der Waals surface area contributed by atoms with Crippen LogP contribution in [0.15, 0.2) is 103 Å². The third kappa shape index (κ3) is 10.1. The number of hydrogen-bond acceptors (Lipinski definition) is 10. The van der Waals surface area contributed by atoms with Crippen LogP contribution in [0, 0.1) is 0 Å². The van der Waals surface area contributed by atoms with Gasteiger partial charge >= 0.3 is 71.5 Å². The van der Waals surface area contributed by atoms with Gasteiger partial charge in [-0.3, -0.25) is 9.11 Å². The topological polar surface area (TPSA) is 204 Å². The van der Waals surface area contributed by atoms with Gasteiger partial charge in [-0.1, -0.05) is 35.8 Å². The fourth-order valence-electron chi connectivity index (χ4n) is 3.79. The maximum absolute atomic E-state index is 13.0. The molecule has 4 aromatic carbocycles. The van der Waals surface area contributed by atoms with Crippen LogP contribution >= 0.6 is 0 Å². The molecule has 0 bridgehead atoms. The first-order chi connectivity index (χ1) is 21.1. The number of azo groups is 2. The molecule has 0 atom stereocenters. The van der Waals surface area contributed by atoms with Crippen molar-refractivity contribution < 1.29 is 122 Å². The molecular formula is C26H14F6N4Na2O8S2. The number of halogens is 6. The van der Waals surface area contributed by atoms with E-state index in [0.717, 1.165) is 48.5 Å². The Morgan fingerprint density at radius 2 is 0.854 bits per heavy atom. The van der Waals surface area contributed by atoms with Gasteiger partial charge in [0, 0.05) is 11.1 Å². The number of rotatable bonds is 7. The molecule has 4 aromatic rings. The van der Waals surface area contributed by atoms with Crippen molar-refractivity contribution in [3.8, 4) is 22.6 Å². The molecule has 0 aliphatic rings. The van der Waals surface area contributed by atoms with Gasteiger partial charge in [-0.05, 0) is 59.7 Å². The summed E-state index contributed by atoms with van der Waals surface area (Å²) >= 11 is 0. The summed E-state index contributed by atoms with van der Waals surface area (Å²) in [6.07, 6.45) is -10.0. The second kappa shape index (κ2) is 15.3. The van der Waals surface area contributed by atoms with Crippen molar-refractivity contribution in [2.24, 2.45) is 20.5 Å². The van der Waals surface area contributed by atoms with Gasteiger partial charge in [0.15, 0.2) is 0 Å². The van der Waals surface area contributed by atoms with Crippen LogP contribution < -0.4 is 69.3 Å². The van der Waals surface area contributed by atoms with Crippen LogP contribution in [0.4, 0.5) is 49.1 Å². The van der Waals surface area contributed by atoms with E-state index in [2.05, 4.69) is 20.5 Å². The van der Waals surface area contributed by atoms with Gasteiger partial charge < -0.3 is 10.2 Å². The van der Waals surface area contributed by atoms with E-state index in [1.165, 1.54) is 0 Å². The van der Waals surface area contributed by atoms with Crippen LogP contribution in [0.25, 0.3) is 11.1 Å². The molecule has 22 heteroatoms. The molecule has 12 nitrogen and oxygen atoms in total. The van der Waals surface area contributed by atoms with E-state index in [1.54, 1.807) is 0 Å². The van der Waals surface area contributed by atoms with E-state index < -0.39 is 87.8 Å². The maximum atomic E-state index is 13.0. The zero-order valence-electron chi connectivity index (χ0n) is 24.1. The molecule has 0 heterocycles. The largest absolute Gasteiger partial charge is 1.00 e. The summed E-state index contributed by atoms with van der Waals surface area (Å²) in [5.74, 6) is -2.70. The van der Waals surface area contributed by atoms with E-state index in [9.17, 15) is 62.5 Å². The van der Waals surface area contributed by atoms with Crippen LogP contribution in [0.2, 0.25) is 0 Å². The summed E-state index contributed by atoms with van der Waals surface area (Å²) < 4.78 is 146. The summed E-state index contributed by atoms with van der Waals surface area (Å²) in [6.45, 7) is 0. The van der Waals surface area contributed by atoms with Crippen LogP contribution in [0.5, 0.6) is 11.5 Å². The minimum Gasteiger partial charge on any atom is -0.872 e. The normalized spacial score (nSPS) is 12.6. The summed E-state index contributed by atoms with van der Waals surface area (Å²) in [5.41, 5.74) is -5.47. The molecule has 2 N–H and O–H groups in total. The quantitative estimate of drug-likeness (QED) is 0.120. The Labute approximate surface area is 311 Å². The number of hydrogen-bond donors (Lipinski definition) is 2. The van der Waals surface area contributed by atoms with Crippen LogP contribution in [-0.2, 0) is 32.6 Å². The Hall–Kier alpha value is -2.92. The molecule has 0 aromatic heterocycles. The van der Waals surface area contributed by atoms with Crippen molar-refractivity contribution in [2.45, 2.75) is 22.1 Å². The molecule has 242 valence electrons. The zero-order chi connectivity index (χ0) is 34.2. The molecule has 0 saturated heterocycles. The number of alkyl halides is 6. The van der Waals surface area contributed by atoms with E-state index in [-0.39, 0.29) is 70.2 Å². The number of benzene rings is 4. The molecule has 0 amide bonds. The Bertz CT molecular complexity index is 1980. The van der Waals surface area contributed by atoms with E-state index >= 15 is 0 Å². The second-order valence-electron chi connectivity index (χ2n) is 9.07. The molecule has 0 unspecified atom stereocenters. The SMILES string of the molecule is O=S(=O)(O)c1cc(-c2ccc(N=Nc3ccc([O-])c(C(F)(F)F)c3)c(S(=O)(=O)O)c2)ccc1N=Nc1ccc([O-])c(C(F)(F)F)c1.[Na+].[Na+]. The second-order valence-corrected chi connectivity index (χ2v) is 11.9. The van der Waals surface area contributed by atoms with Crippen molar-refractivity contribution in [1.29, 1.82) is 0 Å². The zero-order valence-corrected chi connectivity index (χ0v) is 29.8. The van der Waals surface area contributed by atoms with Crippen molar-refractivity contribution >= 4 is 43.0 Å². The predicted octanol–water partition coefficient (Wildman–Crippen LogP) is 0.871. The Morgan fingerprint density at radius 1 is 0.521 bits per heavy atom. The average molecular weight is 735 g/mol. The van der Waals surface area contributed by atoms with Crippen LogP contribution in [0.1, 0.15) is 11.1 Å². The van der Waals surface area contributed by atoms with E-state index in [4.69, 9.17) is 0 Å². The Kier molecular flexibility index (Phi) is 13.2. The third-order valence-electron chi connectivity index (χ3n) is 5.89. The molecule has 0 aliphatic heterocycles. The summed E-state index contributed by atoms with van der Waals surface area (Å²) in [6, 6.07) is 9.41. The van der Waals surface area contributed by atoms with Crippen molar-refractivity contribution in [3.05, 3.63) is 83.9 Å². The molecular weight excluding hydrogens is 720 g/mol. The maximum Gasteiger partial charge on any atom is 1.00 e. The first-order valence-electron chi connectivity index (χ1n) is 12.0. The van der Waals surface area contributed by atoms with Gasteiger partial charge in [-0.15, -0.1) is 10.2 Å². The predicted molar refractivity (Wildman–Crippen MR) is 142 cm³/mol. The van der Waals surface area contributed by atoms with Crippen LogP contribution in [0.3, 0.4) is 0 Å². The third-order valence-corrected chi connectivity index (χ3v) is 7.66. The molecule has 0 aliphatic carbocycles. The first-order valence-corrected chi connectivity index (χ1v) is 14.9. The standard InChI is InChI=1S/C26H16F6N4O8S2.2Na/c27-25(28,29)17-11-15(3-7-21(17)37)33-35-19-5-1-13(9-23(19)45(39,40)41)14-2-6-20(24(10-14)46(42,43)44)36-34-16-4-8-22(38)18(12-16)26(30,31)32;;/h1-12,37-38H,(H,39,40,41)(H,42,43,44);;/q;2*+1/p-2. The molecule has 0 fully saturated rings. The van der Waals surface area contributed by atoms with Crippen molar-refractivity contribution in [3.63, 3.8) is 0 Å². The monoisotopic (exact) mass is 734 g/mol. The smallest absolute Gasteiger partial charge is 0.872 e. The molecule has 4 rings (SSSR count). The first kappa shape index (κ1) is 41.3. The van der Waals surface area contributed by atoms with Gasteiger partial charge in [0.05, 0.1) is 11.4 Å². The summed E-state index contributed by atoms with van der Waals surface area (Å²) in [7, 11) is -10.2. The number of nitrogens with zero attached hydrogens (tertiary/aromatic N) is 4. The van der Waals surface area contributed by atoms with E-state index in [0.29, 0.717) is 24.3 Å². The fraction of sp³-hybridized carbons (Fsp3) is 0.0769. The van der Waals surface area contributed by atoms with Gasteiger partial charge in [0.1, 0.15) is 21.2 Å². The average Bonchev–Trinajstić information content (AvgIpc) is 2.94. The fourth-order valence-corrected chi connectivity index (χ4v) is 5.09. The van der Waals surface area contributed by atoms with Gasteiger partial charge in [-0.2, -0.15) is 53.4 Å². The summed E-state index contributed by atoms with van der Waals surface area (Å²) in [5, 5.41) is 37.1. The van der Waals surface area contributed by atoms with Crippen LogP contribution in [-0.4, -0.2) is 25.9 Å². The summed E-state index contributed by atoms with van der Waals surface area (Å²) in [4.78, 5) is -1.85. The molecule has 0 radical (unpaired) electrons. The van der Waals surface area contributed by atoms with E-state index in [1.807, 2.05) is 0 Å². The van der Waals surface area contributed by atoms with Crippen molar-refractivity contribution in [1.82, 2.24) is 0 Å². The Morgan fingerprint density at radius 3 is 1.15 bits per heavy atom. The minimum atomic E-state index is -5.10. The van der Waals surface area contributed by atoms with Gasteiger partial charge in [-0.25, -0.2) is 0 Å². The Balaban J connectivity index is 0.00000400. The molecule has 0 saturated carbocycles. The molecule has 0 spiro atoms.